The number of nitrogens with one attached hydrogen (secondary N) is 1. The Morgan fingerprint density at radius 2 is 1.81 bits per heavy atom. The Bertz CT molecular complexity index is 2260. The summed E-state index contributed by atoms with van der Waals surface area (Å²) in [7, 11) is 0. The molecule has 0 bridgehead atoms. The minimum Gasteiger partial charge on any atom is -0.347 e. The monoisotopic (exact) mass is 704 g/mol. The van der Waals surface area contributed by atoms with Gasteiger partial charge in [-0.05, 0) is 74.4 Å². The summed E-state index contributed by atoms with van der Waals surface area (Å²) in [5, 5.41) is 8.37. The van der Waals surface area contributed by atoms with Crippen molar-refractivity contribution in [3.8, 4) is 17.1 Å². The maximum absolute atomic E-state index is 14.3. The Kier molecular flexibility index (Phi) is 8.26. The van der Waals surface area contributed by atoms with Crippen LogP contribution in [0.3, 0.4) is 0 Å². The van der Waals surface area contributed by atoms with Crippen LogP contribution in [0, 0.1) is 6.92 Å². The number of aromatic nitrogens is 6. The van der Waals surface area contributed by atoms with Gasteiger partial charge in [0.25, 0.3) is 11.8 Å². The van der Waals surface area contributed by atoms with Gasteiger partial charge in [-0.3, -0.25) is 23.4 Å². The molecule has 0 saturated heterocycles. The minimum atomic E-state index is -0.435. The molecule has 4 heterocycles. The summed E-state index contributed by atoms with van der Waals surface area (Å²) >= 11 is 3.51. The standard InChI is InChI=1S/C36H33BrN8O3/c1-4-44-30-13-11-27(17-26(30)19-41-44)45-32(34(46)40-18-25-8-5-6-9-28(25)33-38-14-7-15-39-33)31-21-42(23(3)20-43(31)36(45)48)35(47)24-10-12-29(37)22(2)16-24/h5-17,19,23H,4,18,20-21H2,1-3H3,(H,40,46)/t23-/m1/s1. The largest absolute Gasteiger partial charge is 0.347 e. The van der Waals surface area contributed by atoms with Crippen LogP contribution in [-0.4, -0.2) is 51.6 Å². The maximum atomic E-state index is 14.3. The molecule has 12 heteroatoms. The lowest BCUT2D eigenvalue weighted by Gasteiger charge is -2.34. The minimum absolute atomic E-state index is 0.0879. The van der Waals surface area contributed by atoms with E-state index in [1.807, 2.05) is 80.1 Å². The zero-order chi connectivity index (χ0) is 33.5. The van der Waals surface area contributed by atoms with E-state index in [2.05, 4.69) is 36.3 Å². The average molecular weight is 706 g/mol. The molecule has 3 aromatic carbocycles. The molecule has 0 aliphatic carbocycles. The summed E-state index contributed by atoms with van der Waals surface area (Å²) in [5.41, 5.74) is 4.90. The van der Waals surface area contributed by atoms with Gasteiger partial charge in [0.2, 0.25) is 0 Å². The third-order valence-electron chi connectivity index (χ3n) is 8.87. The molecule has 1 aliphatic heterocycles. The molecule has 0 unspecified atom stereocenters. The van der Waals surface area contributed by atoms with E-state index in [0.717, 1.165) is 32.1 Å². The first kappa shape index (κ1) is 31.3. The van der Waals surface area contributed by atoms with E-state index < -0.39 is 5.91 Å². The zero-order valence-corrected chi connectivity index (χ0v) is 28.3. The Balaban J connectivity index is 1.30. The van der Waals surface area contributed by atoms with Crippen molar-refractivity contribution in [2.24, 2.45) is 0 Å². The smallest absolute Gasteiger partial charge is 0.333 e. The fourth-order valence-corrected chi connectivity index (χ4v) is 6.61. The molecule has 3 aromatic heterocycles. The number of fused-ring (bicyclic) bond motifs is 2. The lowest BCUT2D eigenvalue weighted by Crippen LogP contribution is -2.47. The number of nitrogens with zero attached hydrogens (tertiary/aromatic N) is 7. The number of aryl methyl sites for hydroxylation is 2. The van der Waals surface area contributed by atoms with Crippen LogP contribution >= 0.6 is 15.9 Å². The van der Waals surface area contributed by atoms with Gasteiger partial charge in [0.15, 0.2) is 5.82 Å². The van der Waals surface area contributed by atoms with Gasteiger partial charge in [-0.2, -0.15) is 5.10 Å². The lowest BCUT2D eigenvalue weighted by molar-refractivity contribution is 0.0610. The van der Waals surface area contributed by atoms with Crippen molar-refractivity contribution in [2.75, 3.05) is 0 Å². The number of benzene rings is 3. The van der Waals surface area contributed by atoms with Gasteiger partial charge in [-0.1, -0.05) is 40.2 Å². The van der Waals surface area contributed by atoms with Crippen molar-refractivity contribution < 1.29 is 9.59 Å². The molecule has 242 valence electrons. The Morgan fingerprint density at radius 3 is 2.58 bits per heavy atom. The van der Waals surface area contributed by atoms with Gasteiger partial charge in [-0.25, -0.2) is 14.8 Å². The Hall–Kier alpha value is -5.36. The van der Waals surface area contributed by atoms with Crippen molar-refractivity contribution in [3.63, 3.8) is 0 Å². The summed E-state index contributed by atoms with van der Waals surface area (Å²) in [6.45, 7) is 7.07. The number of imidazole rings is 1. The van der Waals surface area contributed by atoms with Crippen LogP contribution in [0.5, 0.6) is 0 Å². The molecule has 1 aliphatic rings. The first-order valence-electron chi connectivity index (χ1n) is 15.8. The Labute approximate surface area is 285 Å². The van der Waals surface area contributed by atoms with Gasteiger partial charge in [-0.15, -0.1) is 0 Å². The number of amides is 2. The molecule has 0 radical (unpaired) electrons. The molecule has 1 N–H and O–H groups in total. The number of hydrogen-bond donors (Lipinski definition) is 1. The van der Waals surface area contributed by atoms with Gasteiger partial charge >= 0.3 is 5.69 Å². The van der Waals surface area contributed by atoms with Gasteiger partial charge in [0.1, 0.15) is 5.69 Å². The third-order valence-corrected chi connectivity index (χ3v) is 9.76. The van der Waals surface area contributed by atoms with Crippen LogP contribution in [0.2, 0.25) is 0 Å². The van der Waals surface area contributed by atoms with Gasteiger partial charge in [0, 0.05) is 59.1 Å². The highest BCUT2D eigenvalue weighted by Gasteiger charge is 2.35. The van der Waals surface area contributed by atoms with Gasteiger partial charge in [0.05, 0.1) is 29.6 Å². The molecule has 1 atom stereocenters. The van der Waals surface area contributed by atoms with Crippen LogP contribution in [0.1, 0.15) is 51.5 Å². The van der Waals surface area contributed by atoms with E-state index in [-0.39, 0.29) is 43.0 Å². The molecule has 0 spiro atoms. The second-order valence-electron chi connectivity index (χ2n) is 11.9. The summed E-state index contributed by atoms with van der Waals surface area (Å²) in [6.07, 6.45) is 5.11. The molecule has 0 fully saturated rings. The molecule has 0 saturated carbocycles. The predicted molar refractivity (Wildman–Crippen MR) is 186 cm³/mol. The average Bonchev–Trinajstić information content (AvgIpc) is 3.65. The van der Waals surface area contributed by atoms with E-state index >= 15 is 0 Å². The van der Waals surface area contributed by atoms with Crippen molar-refractivity contribution in [2.45, 2.75) is 53.0 Å². The second-order valence-corrected chi connectivity index (χ2v) is 12.7. The van der Waals surface area contributed by atoms with E-state index in [0.29, 0.717) is 29.3 Å². The second kappa shape index (κ2) is 12.7. The number of hydrogen-bond acceptors (Lipinski definition) is 6. The van der Waals surface area contributed by atoms with Crippen LogP contribution in [-0.2, 0) is 26.2 Å². The Morgan fingerprint density at radius 1 is 1.02 bits per heavy atom. The van der Waals surface area contributed by atoms with Crippen molar-refractivity contribution in [3.05, 3.63) is 128 Å². The normalized spacial score (nSPS) is 14.2. The molecular formula is C36H33BrN8O3. The van der Waals surface area contributed by atoms with Crippen molar-refractivity contribution in [1.82, 2.24) is 39.1 Å². The molecule has 6 aromatic rings. The molecule has 7 rings (SSSR count). The first-order valence-corrected chi connectivity index (χ1v) is 16.6. The van der Waals surface area contributed by atoms with E-state index in [1.165, 1.54) is 4.57 Å². The number of carbonyl (C=O) groups is 2. The van der Waals surface area contributed by atoms with E-state index in [4.69, 9.17) is 0 Å². The van der Waals surface area contributed by atoms with Crippen LogP contribution in [0.15, 0.2) is 94.6 Å². The number of rotatable bonds is 7. The topological polar surface area (TPSA) is 120 Å². The van der Waals surface area contributed by atoms with Crippen molar-refractivity contribution >= 4 is 38.6 Å². The molecule has 11 nitrogen and oxygen atoms in total. The highest BCUT2D eigenvalue weighted by molar-refractivity contribution is 9.10. The number of carbonyl (C=O) groups excluding carboxylic acids is 2. The fraction of sp³-hybridized carbons (Fsp3) is 0.222. The van der Waals surface area contributed by atoms with Crippen LogP contribution in [0.4, 0.5) is 0 Å². The number of halogens is 1. The summed E-state index contributed by atoms with van der Waals surface area (Å²) < 4.78 is 5.88. The van der Waals surface area contributed by atoms with Crippen molar-refractivity contribution in [1.29, 1.82) is 0 Å². The van der Waals surface area contributed by atoms with E-state index in [9.17, 15) is 14.4 Å². The molecule has 48 heavy (non-hydrogen) atoms. The summed E-state index contributed by atoms with van der Waals surface area (Å²) in [6, 6.07) is 20.2. The SMILES string of the molecule is CCn1ncc2cc(-n3c(C(=O)NCc4ccccc4-c4ncccn4)c4n(c3=O)C[C@@H](C)N(C(=O)c3ccc(Br)c(C)c3)C4)ccc21. The quantitative estimate of drug-likeness (QED) is 0.234. The predicted octanol–water partition coefficient (Wildman–Crippen LogP) is 5.51. The summed E-state index contributed by atoms with van der Waals surface area (Å²) in [4.78, 5) is 52.9. The molecular weight excluding hydrogens is 672 g/mol. The fourth-order valence-electron chi connectivity index (χ4n) is 6.36. The van der Waals surface area contributed by atoms with Gasteiger partial charge < -0.3 is 10.2 Å². The first-order chi connectivity index (χ1) is 23.2. The zero-order valence-electron chi connectivity index (χ0n) is 26.7. The lowest BCUT2D eigenvalue weighted by atomic mass is 10.1. The highest BCUT2D eigenvalue weighted by Crippen LogP contribution is 2.27. The van der Waals surface area contributed by atoms with Crippen LogP contribution < -0.4 is 11.0 Å². The third kappa shape index (κ3) is 5.51. The highest BCUT2D eigenvalue weighted by atomic mass is 79.9. The van der Waals surface area contributed by atoms with Crippen LogP contribution in [0.25, 0.3) is 28.0 Å². The van der Waals surface area contributed by atoms with E-state index in [1.54, 1.807) is 40.2 Å². The summed E-state index contributed by atoms with van der Waals surface area (Å²) in [5.74, 6) is -0.0516. The molecule has 2 amide bonds. The maximum Gasteiger partial charge on any atom is 0.333 e.